The summed E-state index contributed by atoms with van der Waals surface area (Å²) in [6.07, 6.45) is 49.6. The molecule has 1 aromatic heterocycles. The van der Waals surface area contributed by atoms with Gasteiger partial charge in [-0.2, -0.15) is 0 Å². The number of allylic oxidation sites excluding steroid dienone is 2. The Balaban J connectivity index is 0.00000162. The van der Waals surface area contributed by atoms with E-state index in [1.165, 1.54) is 242 Å². The van der Waals surface area contributed by atoms with Gasteiger partial charge in [-0.3, -0.25) is 0 Å². The summed E-state index contributed by atoms with van der Waals surface area (Å²) in [5.74, 6) is 3.57. The van der Waals surface area contributed by atoms with E-state index in [1.54, 1.807) is 5.57 Å². The molecule has 2 unspecified atom stereocenters. The van der Waals surface area contributed by atoms with Crippen molar-refractivity contribution < 1.29 is 0 Å². The molecule has 2 fully saturated rings. The first-order valence-electron chi connectivity index (χ1n) is 26.5. The molecule has 2 atom stereocenters. The average molecular weight is 871 g/mol. The zero-order chi connectivity index (χ0) is 43.6. The highest BCUT2D eigenvalue weighted by Gasteiger charge is 2.34. The van der Waals surface area contributed by atoms with E-state index in [0.29, 0.717) is 10.8 Å². The number of hydrogen-bond donors (Lipinski definition) is 0. The van der Waals surface area contributed by atoms with Gasteiger partial charge in [-0.25, -0.2) is 4.98 Å². The highest BCUT2D eigenvalue weighted by molar-refractivity contribution is 8.17. The van der Waals surface area contributed by atoms with E-state index >= 15 is 0 Å². The lowest BCUT2D eigenvalue weighted by Crippen LogP contribution is -2.28. The van der Waals surface area contributed by atoms with Gasteiger partial charge < -0.3 is 9.47 Å². The molecule has 0 radical (unpaired) electrons. The first-order chi connectivity index (χ1) is 29.2. The first-order valence-corrected chi connectivity index (χ1v) is 28.6. The lowest BCUT2D eigenvalue weighted by molar-refractivity contribution is 0.145. The van der Waals surface area contributed by atoms with Crippen LogP contribution in [-0.2, 0) is 6.54 Å². The molecule has 2 heterocycles. The fraction of sp³-hybridized carbons (Fsp3) is 0.873. The maximum atomic E-state index is 4.71. The molecule has 2 aliphatic rings. The van der Waals surface area contributed by atoms with Gasteiger partial charge in [0.05, 0.1) is 10.9 Å². The summed E-state index contributed by atoms with van der Waals surface area (Å²) >= 11 is 4.48. The molecule has 0 bridgehead atoms. The van der Waals surface area contributed by atoms with Crippen LogP contribution < -0.4 is 0 Å². The zero-order valence-electron chi connectivity index (χ0n) is 41.3. The third-order valence-electron chi connectivity index (χ3n) is 14.5. The van der Waals surface area contributed by atoms with Crippen LogP contribution in [0.5, 0.6) is 0 Å². The number of unbranched alkanes of at least 4 members (excludes halogenated alkanes) is 11. The maximum absolute atomic E-state index is 4.71. The van der Waals surface area contributed by atoms with Crippen molar-refractivity contribution in [3.8, 4) is 0 Å². The number of nitrogens with zero attached hydrogens (tertiary/aromatic N) is 3. The molecule has 0 amide bonds. The van der Waals surface area contributed by atoms with E-state index < -0.39 is 0 Å². The third kappa shape index (κ3) is 26.2. The number of rotatable bonds is 35. The molecule has 350 valence electrons. The second-order valence-corrected chi connectivity index (χ2v) is 22.9. The summed E-state index contributed by atoms with van der Waals surface area (Å²) in [5.41, 5.74) is 4.12. The van der Waals surface area contributed by atoms with E-state index in [9.17, 15) is 0 Å². The van der Waals surface area contributed by atoms with Crippen molar-refractivity contribution in [2.24, 2.45) is 16.7 Å². The van der Waals surface area contributed by atoms with Crippen LogP contribution in [0.3, 0.4) is 0 Å². The molecule has 1 aliphatic heterocycles. The SMILES string of the molecule is C=C(CCCC1(CCCC(=C)CC2(CC)CCC(C)CC2)CCCN(CCCCn2ccnc2)CC1)CCC(SCCC)SCCCCCCCCC.CCCCCCC. The predicted molar refractivity (Wildman–Crippen MR) is 276 cm³/mol. The number of aromatic nitrogens is 2. The van der Waals surface area contributed by atoms with Gasteiger partial charge in [0.15, 0.2) is 0 Å². The molecule has 3 rings (SSSR count). The quantitative estimate of drug-likeness (QED) is 0.0385. The highest BCUT2D eigenvalue weighted by Crippen LogP contribution is 2.47. The smallest absolute Gasteiger partial charge is 0.0945 e. The monoisotopic (exact) mass is 870 g/mol. The van der Waals surface area contributed by atoms with Crippen LogP contribution in [-0.4, -0.2) is 50.2 Å². The molecule has 5 heteroatoms. The lowest BCUT2D eigenvalue weighted by Gasteiger charge is -2.40. The minimum atomic E-state index is 0.501. The van der Waals surface area contributed by atoms with Crippen molar-refractivity contribution in [3.05, 3.63) is 43.0 Å². The van der Waals surface area contributed by atoms with Gasteiger partial charge in [-0.15, -0.1) is 23.5 Å². The normalized spacial score (nSPS) is 21.6. The second kappa shape index (κ2) is 35.7. The Morgan fingerprint density at radius 1 is 0.650 bits per heavy atom. The molecular formula is C55H103N3S2. The van der Waals surface area contributed by atoms with E-state index in [-0.39, 0.29) is 0 Å². The Bertz CT molecular complexity index is 1140. The minimum absolute atomic E-state index is 0.501. The van der Waals surface area contributed by atoms with Crippen LogP contribution in [0.2, 0.25) is 0 Å². The van der Waals surface area contributed by atoms with E-state index in [4.69, 9.17) is 6.58 Å². The van der Waals surface area contributed by atoms with Crippen LogP contribution in [0.25, 0.3) is 0 Å². The summed E-state index contributed by atoms with van der Waals surface area (Å²) in [4.78, 5) is 7.03. The number of hydrogen-bond acceptors (Lipinski definition) is 4. The molecule has 3 nitrogen and oxygen atoms in total. The largest absolute Gasteiger partial charge is 0.337 e. The van der Waals surface area contributed by atoms with Crippen molar-refractivity contribution in [1.29, 1.82) is 0 Å². The van der Waals surface area contributed by atoms with Crippen LogP contribution in [0.15, 0.2) is 43.0 Å². The molecule has 1 aliphatic carbocycles. The molecule has 1 saturated heterocycles. The van der Waals surface area contributed by atoms with Crippen molar-refractivity contribution >= 4 is 23.5 Å². The second-order valence-electron chi connectivity index (χ2n) is 20.0. The van der Waals surface area contributed by atoms with Gasteiger partial charge in [0.2, 0.25) is 0 Å². The van der Waals surface area contributed by atoms with Crippen LogP contribution >= 0.6 is 23.5 Å². The Hall–Kier alpha value is -0.650. The summed E-state index contributed by atoms with van der Waals surface area (Å²) in [6, 6.07) is 0. The Labute approximate surface area is 385 Å². The number of imidazole rings is 1. The van der Waals surface area contributed by atoms with Crippen LogP contribution in [0.1, 0.15) is 247 Å². The van der Waals surface area contributed by atoms with Crippen LogP contribution in [0, 0.1) is 16.7 Å². The highest BCUT2D eigenvalue weighted by atomic mass is 32.2. The third-order valence-corrected chi connectivity index (χ3v) is 17.7. The van der Waals surface area contributed by atoms with Gasteiger partial charge in [0, 0.05) is 18.9 Å². The van der Waals surface area contributed by atoms with E-state index in [2.05, 4.69) is 92.3 Å². The van der Waals surface area contributed by atoms with Gasteiger partial charge in [-0.05, 0) is 163 Å². The standard InChI is InChI=1S/C48H87N3S2.C7H16/c1-7-10-11-12-13-14-17-40-53-46(52-39-8-2)24-23-43(4)21-18-27-48(28-19-22-45(6)41-47(9-3)30-25-44(5)26-31-47)29-20-36-50(37-32-48)34-15-16-35-51-38-33-49-42-51;1-3-5-7-6-4-2/h33,38,42,44,46H,4,6-32,34-37,39-41H2,1-3,5H3;3-7H2,1-2H3. The average Bonchev–Trinajstić information content (AvgIpc) is 3.70. The van der Waals surface area contributed by atoms with Gasteiger partial charge in [0.1, 0.15) is 0 Å². The number of likely N-dealkylation sites (tertiary alicyclic amines) is 1. The Kier molecular flexibility index (Phi) is 33.0. The fourth-order valence-electron chi connectivity index (χ4n) is 10.1. The van der Waals surface area contributed by atoms with E-state index in [0.717, 1.165) is 17.0 Å². The first kappa shape index (κ1) is 55.5. The molecule has 1 aromatic rings. The molecule has 0 aromatic carbocycles. The Morgan fingerprint density at radius 2 is 1.27 bits per heavy atom. The summed E-state index contributed by atoms with van der Waals surface area (Å²) in [7, 11) is 0. The molecule has 1 saturated carbocycles. The van der Waals surface area contributed by atoms with Crippen molar-refractivity contribution in [2.75, 3.05) is 31.1 Å². The Morgan fingerprint density at radius 3 is 1.90 bits per heavy atom. The van der Waals surface area contributed by atoms with Gasteiger partial charge in [-0.1, -0.05) is 156 Å². The summed E-state index contributed by atoms with van der Waals surface area (Å²) < 4.78 is 2.98. The predicted octanol–water partition coefficient (Wildman–Crippen LogP) is 18.3. The molecule has 60 heavy (non-hydrogen) atoms. The van der Waals surface area contributed by atoms with Gasteiger partial charge in [0.25, 0.3) is 0 Å². The van der Waals surface area contributed by atoms with Crippen molar-refractivity contribution in [2.45, 2.75) is 258 Å². The maximum Gasteiger partial charge on any atom is 0.0945 e. The van der Waals surface area contributed by atoms with Crippen LogP contribution in [0.4, 0.5) is 0 Å². The minimum Gasteiger partial charge on any atom is -0.337 e. The topological polar surface area (TPSA) is 21.1 Å². The number of thioether (sulfide) groups is 2. The molecule has 0 N–H and O–H groups in total. The van der Waals surface area contributed by atoms with Crippen molar-refractivity contribution in [1.82, 2.24) is 14.5 Å². The van der Waals surface area contributed by atoms with E-state index in [1.807, 2.05) is 12.5 Å². The van der Waals surface area contributed by atoms with Gasteiger partial charge >= 0.3 is 0 Å². The number of aryl methyl sites for hydroxylation is 1. The van der Waals surface area contributed by atoms with Crippen molar-refractivity contribution in [3.63, 3.8) is 0 Å². The molecule has 0 spiro atoms. The summed E-state index contributed by atoms with van der Waals surface area (Å²) in [5, 5.41) is 0. The molecular weight excluding hydrogens is 767 g/mol. The lowest BCUT2D eigenvalue weighted by atomic mass is 9.66. The zero-order valence-corrected chi connectivity index (χ0v) is 43.0. The summed E-state index contributed by atoms with van der Waals surface area (Å²) in [6.45, 7) is 28.3. The fourth-order valence-corrected chi connectivity index (χ4v) is 12.8.